The maximum Gasteiger partial charge on any atom is 0.294 e. The van der Waals surface area contributed by atoms with Crippen LogP contribution >= 0.6 is 0 Å². The van der Waals surface area contributed by atoms with Crippen LogP contribution in [0.2, 0.25) is 0 Å². The molecule has 0 radical (unpaired) electrons. The molecule has 0 spiro atoms. The summed E-state index contributed by atoms with van der Waals surface area (Å²) in [4.78, 5) is -0.0272. The Hall–Kier alpha value is -0.870. The van der Waals surface area contributed by atoms with Gasteiger partial charge in [-0.15, -0.1) is 0 Å². The van der Waals surface area contributed by atoms with Gasteiger partial charge in [0.15, 0.2) is 0 Å². The van der Waals surface area contributed by atoms with Crippen molar-refractivity contribution in [3.63, 3.8) is 0 Å². The molecule has 1 rings (SSSR count). The smallest absolute Gasteiger partial charge is 0.282 e. The summed E-state index contributed by atoms with van der Waals surface area (Å²) in [5.41, 5.74) is 1.17. The van der Waals surface area contributed by atoms with Crippen LogP contribution in [0.15, 0.2) is 29.2 Å². The molecule has 21 heavy (non-hydrogen) atoms. The lowest BCUT2D eigenvalue weighted by Gasteiger charge is -2.15. The van der Waals surface area contributed by atoms with Crippen molar-refractivity contribution in [2.24, 2.45) is 0 Å². The Bertz CT molecular complexity index is 491. The van der Waals surface area contributed by atoms with Crippen LogP contribution in [0, 0.1) is 0 Å². The molecule has 1 aromatic carbocycles. The van der Waals surface area contributed by atoms with Gasteiger partial charge in [-0.05, 0) is 36.5 Å². The molecule has 0 unspecified atom stereocenters. The first-order valence-electron chi connectivity index (χ1n) is 8.06. The Kier molecular flexibility index (Phi) is 7.97. The van der Waals surface area contributed by atoms with E-state index in [2.05, 4.69) is 13.8 Å². The highest BCUT2D eigenvalue weighted by molar-refractivity contribution is 7.85. The van der Waals surface area contributed by atoms with E-state index in [1.54, 1.807) is 0 Å². The second-order valence-corrected chi connectivity index (χ2v) is 7.13. The molecule has 1 N–H and O–H groups in total. The van der Waals surface area contributed by atoms with E-state index in [1.807, 2.05) is 12.1 Å². The molecule has 3 nitrogen and oxygen atoms in total. The van der Waals surface area contributed by atoms with Gasteiger partial charge in [-0.1, -0.05) is 64.5 Å². The summed E-state index contributed by atoms with van der Waals surface area (Å²) >= 11 is 0. The van der Waals surface area contributed by atoms with Gasteiger partial charge in [-0.25, -0.2) is 0 Å². The minimum atomic E-state index is -4.08. The van der Waals surface area contributed by atoms with Crippen molar-refractivity contribution in [2.75, 3.05) is 0 Å². The van der Waals surface area contributed by atoms with Crippen molar-refractivity contribution in [3.05, 3.63) is 29.8 Å². The molecule has 0 aliphatic rings. The Morgan fingerprint density at radius 2 is 1.52 bits per heavy atom. The second-order valence-electron chi connectivity index (χ2n) is 5.71. The maximum absolute atomic E-state index is 11.0. The number of rotatable bonds is 10. The van der Waals surface area contributed by atoms with Crippen molar-refractivity contribution < 1.29 is 13.0 Å². The molecular weight excluding hydrogens is 284 g/mol. The van der Waals surface area contributed by atoms with Gasteiger partial charge in [-0.2, -0.15) is 8.42 Å². The Labute approximate surface area is 129 Å². The zero-order valence-electron chi connectivity index (χ0n) is 13.2. The minimum Gasteiger partial charge on any atom is -0.282 e. The first-order valence-corrected chi connectivity index (χ1v) is 9.50. The molecule has 0 aromatic heterocycles. The average molecular weight is 312 g/mol. The molecule has 4 heteroatoms. The lowest BCUT2D eigenvalue weighted by molar-refractivity contribution is 0.483. The predicted molar refractivity (Wildman–Crippen MR) is 87.3 cm³/mol. The third-order valence-corrected chi connectivity index (χ3v) is 4.92. The summed E-state index contributed by atoms with van der Waals surface area (Å²) in [6, 6.07) is 6.64. The van der Waals surface area contributed by atoms with Crippen molar-refractivity contribution in [1.82, 2.24) is 0 Å². The van der Waals surface area contributed by atoms with Gasteiger partial charge in [0.2, 0.25) is 0 Å². The van der Waals surface area contributed by atoms with Gasteiger partial charge < -0.3 is 0 Å². The summed E-state index contributed by atoms with van der Waals surface area (Å²) in [6.45, 7) is 4.39. The van der Waals surface area contributed by atoms with Crippen LogP contribution in [0.25, 0.3) is 0 Å². The first-order chi connectivity index (χ1) is 9.99. The largest absolute Gasteiger partial charge is 0.294 e. The number of unbranched alkanes of at least 4 members (excludes halogenated alkanes) is 5. The predicted octanol–water partition coefficient (Wildman–Crippen LogP) is 5.18. The highest BCUT2D eigenvalue weighted by Crippen LogP contribution is 2.27. The molecule has 1 atom stereocenters. The van der Waals surface area contributed by atoms with E-state index in [-0.39, 0.29) is 4.90 Å². The molecule has 0 saturated carbocycles. The van der Waals surface area contributed by atoms with Gasteiger partial charge >= 0.3 is 0 Å². The number of benzene rings is 1. The fourth-order valence-electron chi connectivity index (χ4n) is 2.69. The van der Waals surface area contributed by atoms with Crippen molar-refractivity contribution >= 4 is 10.1 Å². The van der Waals surface area contributed by atoms with Crippen LogP contribution in [-0.4, -0.2) is 13.0 Å². The lowest BCUT2D eigenvalue weighted by Crippen LogP contribution is -2.01. The van der Waals surface area contributed by atoms with Gasteiger partial charge in [0.05, 0.1) is 4.90 Å². The molecule has 0 heterocycles. The fraction of sp³-hybridized carbons (Fsp3) is 0.647. The minimum absolute atomic E-state index is 0.0272. The molecule has 120 valence electrons. The van der Waals surface area contributed by atoms with Crippen LogP contribution in [0.1, 0.15) is 76.7 Å². The van der Waals surface area contributed by atoms with E-state index in [1.165, 1.54) is 56.2 Å². The summed E-state index contributed by atoms with van der Waals surface area (Å²) in [6.07, 6.45) is 9.95. The van der Waals surface area contributed by atoms with E-state index >= 15 is 0 Å². The van der Waals surface area contributed by atoms with Gasteiger partial charge in [0.1, 0.15) is 0 Å². The van der Waals surface area contributed by atoms with Gasteiger partial charge in [0, 0.05) is 0 Å². The maximum atomic E-state index is 11.0. The zero-order chi connectivity index (χ0) is 15.7. The van der Waals surface area contributed by atoms with E-state index in [4.69, 9.17) is 4.55 Å². The highest BCUT2D eigenvalue weighted by atomic mass is 32.2. The van der Waals surface area contributed by atoms with Gasteiger partial charge in [0.25, 0.3) is 10.1 Å². The van der Waals surface area contributed by atoms with E-state index in [0.29, 0.717) is 5.92 Å². The molecule has 0 saturated heterocycles. The van der Waals surface area contributed by atoms with Crippen LogP contribution in [0.3, 0.4) is 0 Å². The third-order valence-electron chi connectivity index (χ3n) is 4.05. The molecule has 0 fully saturated rings. The Morgan fingerprint density at radius 1 is 0.952 bits per heavy atom. The second kappa shape index (κ2) is 9.21. The van der Waals surface area contributed by atoms with E-state index < -0.39 is 10.1 Å². The standard InChI is InChI=1S/C17H28O3S/c1-3-5-6-7-8-9-10-15(4-2)16-11-13-17(14-12-16)21(18,19)20/h11-15H,3-10H2,1-2H3,(H,18,19,20)/t15-/m1/s1. The summed E-state index contributed by atoms with van der Waals surface area (Å²) < 4.78 is 31.1. The summed E-state index contributed by atoms with van der Waals surface area (Å²) in [5, 5.41) is 0. The topological polar surface area (TPSA) is 54.4 Å². The fourth-order valence-corrected chi connectivity index (χ4v) is 3.17. The number of hydrogen-bond donors (Lipinski definition) is 1. The lowest BCUT2D eigenvalue weighted by atomic mass is 9.91. The average Bonchev–Trinajstić information content (AvgIpc) is 2.46. The number of hydrogen-bond acceptors (Lipinski definition) is 2. The summed E-state index contributed by atoms with van der Waals surface area (Å²) in [5.74, 6) is 0.478. The molecule has 0 bridgehead atoms. The van der Waals surface area contributed by atoms with Crippen LogP contribution in [0.5, 0.6) is 0 Å². The highest BCUT2D eigenvalue weighted by Gasteiger charge is 2.12. The summed E-state index contributed by atoms with van der Waals surface area (Å²) in [7, 11) is -4.08. The van der Waals surface area contributed by atoms with E-state index in [9.17, 15) is 8.42 Å². The van der Waals surface area contributed by atoms with Crippen molar-refractivity contribution in [3.8, 4) is 0 Å². The molecular formula is C17H28O3S. The monoisotopic (exact) mass is 312 g/mol. The quantitative estimate of drug-likeness (QED) is 0.478. The van der Waals surface area contributed by atoms with Gasteiger partial charge in [-0.3, -0.25) is 4.55 Å². The molecule has 1 aromatic rings. The van der Waals surface area contributed by atoms with E-state index in [0.717, 1.165) is 12.8 Å². The molecule has 0 aliphatic heterocycles. The zero-order valence-corrected chi connectivity index (χ0v) is 14.0. The SMILES string of the molecule is CCCCCCCC[C@@H](CC)c1ccc(S(=O)(=O)O)cc1. The Balaban J connectivity index is 2.48. The molecule has 0 aliphatic carbocycles. The third kappa shape index (κ3) is 6.62. The molecule has 0 amide bonds. The Morgan fingerprint density at radius 3 is 2.05 bits per heavy atom. The van der Waals surface area contributed by atoms with Crippen molar-refractivity contribution in [1.29, 1.82) is 0 Å². The first kappa shape index (κ1) is 18.2. The van der Waals surface area contributed by atoms with Crippen LogP contribution in [0.4, 0.5) is 0 Å². The van der Waals surface area contributed by atoms with Crippen LogP contribution < -0.4 is 0 Å². The van der Waals surface area contributed by atoms with Crippen molar-refractivity contribution in [2.45, 2.75) is 76.0 Å². The van der Waals surface area contributed by atoms with Crippen LogP contribution in [-0.2, 0) is 10.1 Å². The normalized spacial score (nSPS) is 13.3.